The predicted octanol–water partition coefficient (Wildman–Crippen LogP) is 4.24. The molecular formula is C19H16F4I2O8S. The maximum atomic E-state index is 13.6. The Labute approximate surface area is 218 Å². The van der Waals surface area contributed by atoms with Crippen LogP contribution in [0.5, 0.6) is 5.75 Å². The summed E-state index contributed by atoms with van der Waals surface area (Å²) >= 11 is 4.11. The van der Waals surface area contributed by atoms with Crippen molar-refractivity contribution in [3.05, 3.63) is 24.8 Å². The van der Waals surface area contributed by atoms with E-state index in [1.807, 2.05) is 28.7 Å². The number of ether oxygens (including phenoxy) is 3. The fraction of sp³-hybridized carbons (Fsp3) is 0.579. The van der Waals surface area contributed by atoms with Gasteiger partial charge in [-0.3, -0.25) is 9.35 Å². The van der Waals surface area contributed by atoms with Crippen molar-refractivity contribution in [1.82, 2.24) is 0 Å². The molecule has 3 aliphatic rings. The molecule has 1 aromatic carbocycles. The molecule has 0 radical (unpaired) electrons. The van der Waals surface area contributed by atoms with E-state index in [0.717, 1.165) is 7.14 Å². The second-order valence-corrected chi connectivity index (χ2v) is 12.3. The summed E-state index contributed by atoms with van der Waals surface area (Å²) in [5, 5.41) is -5.72. The number of carbonyl (C=O) groups is 2. The minimum atomic E-state index is -6.36. The molecule has 1 N–H and O–H groups in total. The monoisotopic (exact) mass is 734 g/mol. The maximum absolute atomic E-state index is 13.6. The number of carbonyl (C=O) groups excluding carboxylic acids is 2. The van der Waals surface area contributed by atoms with Crippen LogP contribution in [0.25, 0.3) is 0 Å². The normalized spacial score (nSPS) is 28.4. The lowest BCUT2D eigenvalue weighted by Gasteiger charge is -2.42. The quantitative estimate of drug-likeness (QED) is 0.200. The Kier molecular flexibility index (Phi) is 6.58. The Morgan fingerprint density at radius 3 is 2.47 bits per heavy atom. The van der Waals surface area contributed by atoms with Gasteiger partial charge in [0.1, 0.15) is 5.56 Å². The van der Waals surface area contributed by atoms with Crippen LogP contribution in [-0.4, -0.2) is 48.5 Å². The molecule has 0 saturated heterocycles. The standard InChI is InChI=1S/C19H16F4I2O8S/c20-18(21,19(22,23)34(28,29)30)1-2-31-15(26)11-4-9-3-8(11)7-17(9)32-14-12(16(27)33-17)5-10(24)6-13(14)25/h5-6,8-9,11H,1-4,7H2,(H,28,29,30). The molecular weight excluding hydrogens is 718 g/mol. The molecule has 2 bridgehead atoms. The van der Waals surface area contributed by atoms with Crippen molar-refractivity contribution in [3.63, 3.8) is 0 Å². The van der Waals surface area contributed by atoms with E-state index in [-0.39, 0.29) is 24.7 Å². The number of rotatable bonds is 6. The number of hydrogen-bond acceptors (Lipinski definition) is 7. The van der Waals surface area contributed by atoms with Crippen LogP contribution in [0.2, 0.25) is 0 Å². The molecule has 1 heterocycles. The first-order chi connectivity index (χ1) is 15.6. The second-order valence-electron chi connectivity index (χ2n) is 8.42. The van der Waals surface area contributed by atoms with Gasteiger partial charge in [0.25, 0.3) is 5.79 Å². The molecule has 4 rings (SSSR count). The summed E-state index contributed by atoms with van der Waals surface area (Å²) in [7, 11) is -6.36. The lowest BCUT2D eigenvalue weighted by atomic mass is 9.84. The summed E-state index contributed by atoms with van der Waals surface area (Å²) in [6.07, 6.45) is -1.02. The highest BCUT2D eigenvalue weighted by Gasteiger charge is 2.66. The second kappa shape index (κ2) is 8.57. The van der Waals surface area contributed by atoms with Gasteiger partial charge in [-0.05, 0) is 76.1 Å². The molecule has 2 aliphatic carbocycles. The number of esters is 2. The maximum Gasteiger partial charge on any atom is 0.431 e. The van der Waals surface area contributed by atoms with E-state index in [2.05, 4.69) is 22.6 Å². The van der Waals surface area contributed by atoms with Crippen LogP contribution in [0, 0.1) is 24.9 Å². The number of halogens is 6. The summed E-state index contributed by atoms with van der Waals surface area (Å²) in [6, 6.07) is 3.48. The smallest absolute Gasteiger partial charge is 0.431 e. The lowest BCUT2D eigenvalue weighted by Crippen LogP contribution is -2.50. The molecule has 2 saturated carbocycles. The molecule has 4 unspecified atom stereocenters. The van der Waals surface area contributed by atoms with E-state index >= 15 is 0 Å². The van der Waals surface area contributed by atoms with Gasteiger partial charge in [0.2, 0.25) is 0 Å². The fourth-order valence-electron chi connectivity index (χ4n) is 4.72. The number of benzene rings is 1. The average Bonchev–Trinajstić information content (AvgIpc) is 3.26. The summed E-state index contributed by atoms with van der Waals surface area (Å²) in [6.45, 7) is -1.17. The van der Waals surface area contributed by atoms with Crippen molar-refractivity contribution in [3.8, 4) is 5.75 Å². The van der Waals surface area contributed by atoms with Crippen molar-refractivity contribution in [2.24, 2.45) is 17.8 Å². The van der Waals surface area contributed by atoms with E-state index in [1.165, 1.54) is 0 Å². The largest absolute Gasteiger partial charge is 0.465 e. The molecule has 1 aliphatic heterocycles. The third-order valence-corrected chi connectivity index (χ3v) is 8.72. The Morgan fingerprint density at radius 1 is 1.21 bits per heavy atom. The van der Waals surface area contributed by atoms with Crippen molar-refractivity contribution in [2.75, 3.05) is 6.61 Å². The minimum absolute atomic E-state index is 0.168. The number of hydrogen-bond donors (Lipinski definition) is 1. The zero-order chi connectivity index (χ0) is 25.3. The first kappa shape index (κ1) is 26.1. The average molecular weight is 734 g/mol. The summed E-state index contributed by atoms with van der Waals surface area (Å²) in [5.74, 6) is -8.93. The first-order valence-corrected chi connectivity index (χ1v) is 13.5. The van der Waals surface area contributed by atoms with Gasteiger partial charge in [-0.2, -0.15) is 26.0 Å². The van der Waals surface area contributed by atoms with Crippen LogP contribution in [0.3, 0.4) is 0 Å². The molecule has 188 valence electrons. The fourth-order valence-corrected chi connectivity index (χ4v) is 7.16. The number of alkyl halides is 4. The van der Waals surface area contributed by atoms with Gasteiger partial charge in [0, 0.05) is 15.9 Å². The third-order valence-electron chi connectivity index (χ3n) is 6.34. The highest BCUT2D eigenvalue weighted by Crippen LogP contribution is 2.58. The number of fused-ring (bicyclic) bond motifs is 4. The molecule has 15 heteroatoms. The topological polar surface area (TPSA) is 116 Å². The van der Waals surface area contributed by atoms with Crippen LogP contribution in [0.15, 0.2) is 12.1 Å². The van der Waals surface area contributed by atoms with Gasteiger partial charge in [-0.25, -0.2) is 4.79 Å². The van der Waals surface area contributed by atoms with Gasteiger partial charge in [-0.15, -0.1) is 0 Å². The summed E-state index contributed by atoms with van der Waals surface area (Å²) in [5.41, 5.74) is 0.295. The predicted molar refractivity (Wildman–Crippen MR) is 122 cm³/mol. The third kappa shape index (κ3) is 4.27. The molecule has 4 atom stereocenters. The van der Waals surface area contributed by atoms with Crippen LogP contribution in [0.1, 0.15) is 36.0 Å². The zero-order valence-corrected chi connectivity index (χ0v) is 22.0. The Balaban J connectivity index is 1.39. The molecule has 0 aromatic heterocycles. The van der Waals surface area contributed by atoms with Gasteiger partial charge in [0.15, 0.2) is 5.75 Å². The molecule has 34 heavy (non-hydrogen) atoms. The van der Waals surface area contributed by atoms with Crippen LogP contribution in [0.4, 0.5) is 17.6 Å². The van der Waals surface area contributed by atoms with E-state index in [9.17, 15) is 35.6 Å². The van der Waals surface area contributed by atoms with E-state index in [4.69, 9.17) is 18.8 Å². The highest BCUT2D eigenvalue weighted by atomic mass is 127. The van der Waals surface area contributed by atoms with Gasteiger partial charge in [-0.1, -0.05) is 0 Å². The van der Waals surface area contributed by atoms with Crippen molar-refractivity contribution in [2.45, 2.75) is 42.6 Å². The van der Waals surface area contributed by atoms with E-state index < -0.39 is 58.0 Å². The summed E-state index contributed by atoms with van der Waals surface area (Å²) < 4.78 is 101. The molecule has 0 amide bonds. The lowest BCUT2D eigenvalue weighted by molar-refractivity contribution is -0.194. The van der Waals surface area contributed by atoms with Crippen molar-refractivity contribution in [1.29, 1.82) is 0 Å². The highest BCUT2D eigenvalue weighted by molar-refractivity contribution is 14.1. The molecule has 1 aromatic rings. The minimum Gasteiger partial charge on any atom is -0.465 e. The Bertz CT molecular complexity index is 1160. The Morgan fingerprint density at radius 2 is 1.88 bits per heavy atom. The van der Waals surface area contributed by atoms with Crippen LogP contribution < -0.4 is 4.74 Å². The van der Waals surface area contributed by atoms with Crippen molar-refractivity contribution < 1.29 is 54.3 Å². The van der Waals surface area contributed by atoms with Gasteiger partial charge < -0.3 is 14.2 Å². The summed E-state index contributed by atoms with van der Waals surface area (Å²) in [4.78, 5) is 25.1. The molecule has 2 fully saturated rings. The van der Waals surface area contributed by atoms with Crippen LogP contribution >= 0.6 is 45.2 Å². The van der Waals surface area contributed by atoms with E-state index in [0.29, 0.717) is 17.7 Å². The zero-order valence-electron chi connectivity index (χ0n) is 16.9. The first-order valence-electron chi connectivity index (χ1n) is 9.89. The SMILES string of the molecule is O=C1OC2(CC3CC2CC3C(=O)OCCC(F)(F)C(F)(F)S(=O)(=O)O)Oc2c(I)cc(I)cc21. The Hall–Kier alpha value is -0.950. The molecule has 8 nitrogen and oxygen atoms in total. The van der Waals surface area contributed by atoms with Gasteiger partial charge >= 0.3 is 33.2 Å². The van der Waals surface area contributed by atoms with Gasteiger partial charge in [0.05, 0.1) is 22.5 Å². The van der Waals surface area contributed by atoms with E-state index in [1.54, 1.807) is 6.07 Å². The van der Waals surface area contributed by atoms with Crippen LogP contribution in [-0.2, 0) is 24.4 Å². The van der Waals surface area contributed by atoms with Crippen molar-refractivity contribution >= 4 is 67.2 Å². The molecule has 1 spiro atoms.